The van der Waals surface area contributed by atoms with Gasteiger partial charge in [0.15, 0.2) is 0 Å². The molecular weight excluding hydrogens is 271 g/mol. The zero-order valence-electron chi connectivity index (χ0n) is 12.4. The lowest BCUT2D eigenvalue weighted by Gasteiger charge is -2.45. The average Bonchev–Trinajstić information content (AvgIpc) is 2.49. The van der Waals surface area contributed by atoms with E-state index in [1.165, 1.54) is 12.5 Å². The fraction of sp³-hybridized carbons (Fsp3) is 0.625. The maximum absolute atomic E-state index is 13.9. The Morgan fingerprint density at radius 3 is 2.85 bits per heavy atom. The van der Waals surface area contributed by atoms with E-state index in [1.807, 2.05) is 23.9 Å². The van der Waals surface area contributed by atoms with E-state index in [9.17, 15) is 4.39 Å². The van der Waals surface area contributed by atoms with Crippen molar-refractivity contribution in [1.82, 2.24) is 4.90 Å². The zero-order valence-corrected chi connectivity index (χ0v) is 13.3. The van der Waals surface area contributed by atoms with Crippen molar-refractivity contribution in [3.05, 3.63) is 35.6 Å². The fourth-order valence-corrected chi connectivity index (χ4v) is 4.00. The van der Waals surface area contributed by atoms with Crippen molar-refractivity contribution in [2.75, 3.05) is 25.4 Å². The number of nitrogens with zero attached hydrogens (tertiary/aromatic N) is 1. The average molecular weight is 296 g/mol. The van der Waals surface area contributed by atoms with Gasteiger partial charge in [0.25, 0.3) is 0 Å². The van der Waals surface area contributed by atoms with Crippen molar-refractivity contribution in [1.29, 1.82) is 0 Å². The first-order valence-electron chi connectivity index (χ1n) is 7.39. The van der Waals surface area contributed by atoms with Crippen LogP contribution in [0.4, 0.5) is 4.39 Å². The van der Waals surface area contributed by atoms with E-state index in [0.717, 1.165) is 24.4 Å². The Morgan fingerprint density at radius 2 is 2.20 bits per heavy atom. The molecule has 112 valence electrons. The molecule has 1 aliphatic heterocycles. The van der Waals surface area contributed by atoms with Gasteiger partial charge in [-0.3, -0.25) is 4.90 Å². The van der Waals surface area contributed by atoms with E-state index in [0.29, 0.717) is 18.2 Å². The number of halogens is 1. The van der Waals surface area contributed by atoms with Gasteiger partial charge in [-0.2, -0.15) is 11.8 Å². The number of nitrogens with two attached hydrogens (primary N) is 1. The second-order valence-corrected chi connectivity index (χ2v) is 7.22. The highest BCUT2D eigenvalue weighted by Gasteiger charge is 2.34. The lowest BCUT2D eigenvalue weighted by molar-refractivity contribution is 0.113. The van der Waals surface area contributed by atoms with Crippen molar-refractivity contribution in [3.63, 3.8) is 0 Å². The van der Waals surface area contributed by atoms with Crippen LogP contribution in [0.15, 0.2) is 24.3 Å². The number of hydrogen-bond donors (Lipinski definition) is 1. The number of thioether (sulfide) groups is 1. The van der Waals surface area contributed by atoms with Gasteiger partial charge in [0, 0.05) is 36.2 Å². The predicted molar refractivity (Wildman–Crippen MR) is 85.7 cm³/mol. The number of hydrogen-bond acceptors (Lipinski definition) is 3. The quantitative estimate of drug-likeness (QED) is 0.906. The number of benzene rings is 1. The summed E-state index contributed by atoms with van der Waals surface area (Å²) in [4.78, 5) is 2.46. The molecule has 0 radical (unpaired) electrons. The van der Waals surface area contributed by atoms with Crippen LogP contribution < -0.4 is 5.73 Å². The maximum Gasteiger partial charge on any atom is 0.126 e. The second-order valence-electron chi connectivity index (χ2n) is 5.82. The molecule has 2 unspecified atom stereocenters. The third-order valence-electron chi connectivity index (χ3n) is 4.33. The third-order valence-corrected chi connectivity index (χ3v) is 5.70. The summed E-state index contributed by atoms with van der Waals surface area (Å²) in [5, 5.41) is 0.676. The summed E-state index contributed by atoms with van der Waals surface area (Å²) < 4.78 is 13.9. The molecule has 2 atom stereocenters. The molecule has 0 bridgehead atoms. The highest BCUT2D eigenvalue weighted by molar-refractivity contribution is 8.00. The van der Waals surface area contributed by atoms with Gasteiger partial charge in [-0.25, -0.2) is 4.39 Å². The summed E-state index contributed by atoms with van der Waals surface area (Å²) in [7, 11) is 0. The molecule has 2 rings (SSSR count). The normalized spacial score (nSPS) is 23.5. The van der Waals surface area contributed by atoms with Gasteiger partial charge in [0.1, 0.15) is 5.82 Å². The highest BCUT2D eigenvalue weighted by Crippen LogP contribution is 2.29. The maximum atomic E-state index is 13.9. The molecule has 0 aromatic heterocycles. The molecule has 1 heterocycles. The van der Waals surface area contributed by atoms with Crippen LogP contribution in [0, 0.1) is 5.82 Å². The van der Waals surface area contributed by atoms with Crippen LogP contribution in [0.25, 0.3) is 0 Å². The van der Waals surface area contributed by atoms with E-state index in [1.54, 1.807) is 6.07 Å². The van der Waals surface area contributed by atoms with Crippen molar-refractivity contribution >= 4 is 11.8 Å². The fourth-order valence-electron chi connectivity index (χ4n) is 2.82. The summed E-state index contributed by atoms with van der Waals surface area (Å²) in [6.07, 6.45) is 1.86. The minimum atomic E-state index is -0.156. The third kappa shape index (κ3) is 3.54. The molecule has 1 aliphatic rings. The van der Waals surface area contributed by atoms with Crippen molar-refractivity contribution in [2.24, 2.45) is 5.73 Å². The van der Waals surface area contributed by atoms with Crippen LogP contribution in [0.3, 0.4) is 0 Å². The molecule has 1 saturated heterocycles. The monoisotopic (exact) mass is 296 g/mol. The first-order chi connectivity index (χ1) is 9.59. The number of rotatable bonds is 5. The molecule has 20 heavy (non-hydrogen) atoms. The molecule has 1 aromatic carbocycles. The predicted octanol–water partition coefficient (Wildman–Crippen LogP) is 2.91. The van der Waals surface area contributed by atoms with Crippen LogP contribution in [-0.2, 0) is 6.42 Å². The summed E-state index contributed by atoms with van der Waals surface area (Å²) in [6, 6.07) is 7.05. The van der Waals surface area contributed by atoms with E-state index in [-0.39, 0.29) is 11.4 Å². The smallest absolute Gasteiger partial charge is 0.126 e. The summed E-state index contributed by atoms with van der Waals surface area (Å²) in [6.45, 7) is 7.06. The molecule has 0 spiro atoms. The van der Waals surface area contributed by atoms with Crippen LogP contribution in [0.5, 0.6) is 0 Å². The molecule has 4 heteroatoms. The topological polar surface area (TPSA) is 29.3 Å². The Balaban J connectivity index is 2.14. The second kappa shape index (κ2) is 6.92. The van der Waals surface area contributed by atoms with Gasteiger partial charge in [-0.05, 0) is 31.4 Å². The largest absolute Gasteiger partial charge is 0.329 e. The summed E-state index contributed by atoms with van der Waals surface area (Å²) >= 11 is 2.05. The van der Waals surface area contributed by atoms with Gasteiger partial charge in [-0.15, -0.1) is 0 Å². The molecule has 1 aromatic rings. The van der Waals surface area contributed by atoms with Gasteiger partial charge in [-0.1, -0.05) is 25.1 Å². The molecule has 0 aliphatic carbocycles. The van der Waals surface area contributed by atoms with E-state index < -0.39 is 0 Å². The molecule has 2 nitrogen and oxygen atoms in total. The van der Waals surface area contributed by atoms with E-state index in [4.69, 9.17) is 5.73 Å². The lowest BCUT2D eigenvalue weighted by Crippen LogP contribution is -2.57. The van der Waals surface area contributed by atoms with Gasteiger partial charge in [0.2, 0.25) is 0 Å². The van der Waals surface area contributed by atoms with E-state index in [2.05, 4.69) is 18.7 Å². The molecule has 1 fully saturated rings. The van der Waals surface area contributed by atoms with E-state index >= 15 is 0 Å². The van der Waals surface area contributed by atoms with Crippen LogP contribution >= 0.6 is 11.8 Å². The zero-order chi connectivity index (χ0) is 14.6. The molecular formula is C16H25FN2S. The Morgan fingerprint density at radius 1 is 1.45 bits per heavy atom. The molecule has 0 amide bonds. The first kappa shape index (κ1) is 15.8. The SMILES string of the molecule is CCC1CN(C(C)(CN)Cc2ccccc2F)CCS1. The van der Waals surface area contributed by atoms with Gasteiger partial charge >= 0.3 is 0 Å². The Kier molecular flexibility index (Phi) is 5.47. The van der Waals surface area contributed by atoms with Crippen molar-refractivity contribution in [3.8, 4) is 0 Å². The van der Waals surface area contributed by atoms with Crippen molar-refractivity contribution in [2.45, 2.75) is 37.5 Å². The van der Waals surface area contributed by atoms with Crippen molar-refractivity contribution < 1.29 is 4.39 Å². The van der Waals surface area contributed by atoms with Crippen LogP contribution in [-0.4, -0.2) is 41.1 Å². The summed E-state index contributed by atoms with van der Waals surface area (Å²) in [5.74, 6) is 1.02. The standard InChI is InChI=1S/C16H25FN2S/c1-3-14-11-19(8-9-20-14)16(2,12-18)10-13-6-4-5-7-15(13)17/h4-7,14H,3,8-12,18H2,1-2H3. The highest BCUT2D eigenvalue weighted by atomic mass is 32.2. The molecule has 2 N–H and O–H groups in total. The van der Waals surface area contributed by atoms with Crippen LogP contribution in [0.1, 0.15) is 25.8 Å². The Hall–Kier alpha value is -0.580. The van der Waals surface area contributed by atoms with Gasteiger partial charge < -0.3 is 5.73 Å². The minimum Gasteiger partial charge on any atom is -0.329 e. The summed E-state index contributed by atoms with van der Waals surface area (Å²) in [5.41, 5.74) is 6.67. The lowest BCUT2D eigenvalue weighted by atomic mass is 9.90. The first-order valence-corrected chi connectivity index (χ1v) is 8.44. The Bertz CT molecular complexity index is 440. The minimum absolute atomic E-state index is 0.120. The Labute approximate surface area is 125 Å². The van der Waals surface area contributed by atoms with Gasteiger partial charge in [0.05, 0.1) is 0 Å². The van der Waals surface area contributed by atoms with Crippen LogP contribution in [0.2, 0.25) is 0 Å². The molecule has 0 saturated carbocycles.